The van der Waals surface area contributed by atoms with Crippen molar-refractivity contribution in [2.24, 2.45) is 0 Å². The molecule has 0 amide bonds. The summed E-state index contributed by atoms with van der Waals surface area (Å²) in [6, 6.07) is 6.65. The molecule has 26 heavy (non-hydrogen) atoms. The first-order chi connectivity index (χ1) is 12.4. The molecule has 2 aromatic rings. The second kappa shape index (κ2) is 8.19. The minimum absolute atomic E-state index is 0.122. The van der Waals surface area contributed by atoms with Gasteiger partial charge in [0.05, 0.1) is 33.3 Å². The summed E-state index contributed by atoms with van der Waals surface area (Å²) in [5.41, 5.74) is -0.382. The van der Waals surface area contributed by atoms with E-state index < -0.39 is 29.2 Å². The average molecular weight is 361 g/mol. The largest absolute Gasteiger partial charge is 0.506 e. The molecule has 0 saturated carbocycles. The fraction of sp³-hybridized carbons (Fsp3) is 0.278. The number of aromatic nitrogens is 1. The van der Waals surface area contributed by atoms with Gasteiger partial charge in [-0.1, -0.05) is 12.1 Å². The van der Waals surface area contributed by atoms with E-state index in [1.165, 1.54) is 14.2 Å². The second-order valence-electron chi connectivity index (χ2n) is 5.39. The molecule has 1 heterocycles. The Labute approximate surface area is 149 Å². The number of hydrogen-bond acceptors (Lipinski definition) is 7. The van der Waals surface area contributed by atoms with E-state index in [0.717, 1.165) is 13.3 Å². The van der Waals surface area contributed by atoms with Crippen LogP contribution in [0.2, 0.25) is 0 Å². The molecule has 1 atom stereocenters. The van der Waals surface area contributed by atoms with Crippen molar-refractivity contribution in [3.63, 3.8) is 0 Å². The number of H-pyrrole nitrogens is 1. The van der Waals surface area contributed by atoms with E-state index >= 15 is 0 Å². The molecule has 8 heteroatoms. The number of ether oxygens (including phenoxy) is 3. The number of aromatic hydroxyl groups is 1. The van der Waals surface area contributed by atoms with Crippen molar-refractivity contribution in [1.82, 2.24) is 4.98 Å². The Kier molecular flexibility index (Phi) is 6.00. The summed E-state index contributed by atoms with van der Waals surface area (Å²) in [5.74, 6) is -2.17. The summed E-state index contributed by atoms with van der Waals surface area (Å²) in [5, 5.41) is 10.5. The molecule has 0 aliphatic rings. The fourth-order valence-electron chi connectivity index (χ4n) is 2.60. The lowest BCUT2D eigenvalue weighted by molar-refractivity contribution is -0.140. The zero-order chi connectivity index (χ0) is 19.3. The molecule has 0 aliphatic carbocycles. The van der Waals surface area contributed by atoms with Crippen LogP contribution in [0.1, 0.15) is 33.8 Å². The first-order valence-corrected chi connectivity index (χ1v) is 7.66. The highest BCUT2D eigenvalue weighted by molar-refractivity contribution is 5.92. The standard InChI is InChI=1S/C18H19NO7/c1-24-11-6-4-10(5-7-11)12(8-14(20)25-2)15-16(21)13(18(23)26-3)9-19-17(15)22/h4-7,9,12H,8H2,1-3H3,(H2,19,21,22)/t12-/m1/s1. The second-order valence-corrected chi connectivity index (χ2v) is 5.39. The molecule has 8 nitrogen and oxygen atoms in total. The topological polar surface area (TPSA) is 115 Å². The third kappa shape index (κ3) is 3.85. The molecular weight excluding hydrogens is 342 g/mol. The van der Waals surface area contributed by atoms with Gasteiger partial charge in [-0.05, 0) is 17.7 Å². The first-order valence-electron chi connectivity index (χ1n) is 7.66. The van der Waals surface area contributed by atoms with Crippen LogP contribution in [0.25, 0.3) is 0 Å². The Balaban J connectivity index is 2.63. The minimum Gasteiger partial charge on any atom is -0.506 e. The maximum atomic E-state index is 12.4. The van der Waals surface area contributed by atoms with Crippen LogP contribution in [0.4, 0.5) is 0 Å². The highest BCUT2D eigenvalue weighted by atomic mass is 16.5. The maximum Gasteiger partial charge on any atom is 0.343 e. The van der Waals surface area contributed by atoms with Crippen molar-refractivity contribution >= 4 is 11.9 Å². The number of carbonyl (C=O) groups is 2. The van der Waals surface area contributed by atoms with E-state index in [4.69, 9.17) is 9.47 Å². The number of nitrogens with one attached hydrogen (secondary N) is 1. The number of hydrogen-bond donors (Lipinski definition) is 2. The lowest BCUT2D eigenvalue weighted by Crippen LogP contribution is -2.22. The first kappa shape index (κ1) is 19.0. The minimum atomic E-state index is -0.832. The monoisotopic (exact) mass is 361 g/mol. The molecule has 0 radical (unpaired) electrons. The van der Waals surface area contributed by atoms with Gasteiger partial charge in [0.2, 0.25) is 0 Å². The highest BCUT2D eigenvalue weighted by Gasteiger charge is 2.28. The normalized spacial score (nSPS) is 11.5. The Hall–Kier alpha value is -3.29. The molecule has 0 bridgehead atoms. The lowest BCUT2D eigenvalue weighted by Gasteiger charge is -2.18. The summed E-state index contributed by atoms with van der Waals surface area (Å²) < 4.78 is 14.4. The van der Waals surface area contributed by atoms with Crippen molar-refractivity contribution in [2.45, 2.75) is 12.3 Å². The van der Waals surface area contributed by atoms with Crippen LogP contribution in [-0.4, -0.2) is 43.4 Å². The van der Waals surface area contributed by atoms with E-state index in [1.807, 2.05) is 0 Å². The van der Waals surface area contributed by atoms with Gasteiger partial charge in [0.15, 0.2) is 0 Å². The van der Waals surface area contributed by atoms with Gasteiger partial charge >= 0.3 is 11.9 Å². The zero-order valence-corrected chi connectivity index (χ0v) is 14.6. The van der Waals surface area contributed by atoms with Crippen LogP contribution >= 0.6 is 0 Å². The number of methoxy groups -OCH3 is 3. The number of carbonyl (C=O) groups excluding carboxylic acids is 2. The Morgan fingerprint density at radius 2 is 1.77 bits per heavy atom. The third-order valence-corrected chi connectivity index (χ3v) is 3.97. The van der Waals surface area contributed by atoms with Gasteiger partial charge in [-0.2, -0.15) is 0 Å². The predicted octanol–water partition coefficient (Wildman–Crippen LogP) is 1.57. The summed E-state index contributed by atoms with van der Waals surface area (Å²) in [6.07, 6.45) is 0.861. The fourth-order valence-corrected chi connectivity index (χ4v) is 2.60. The van der Waals surface area contributed by atoms with Gasteiger partial charge in [-0.15, -0.1) is 0 Å². The number of aromatic amines is 1. The van der Waals surface area contributed by atoms with Crippen LogP contribution in [0.15, 0.2) is 35.3 Å². The highest BCUT2D eigenvalue weighted by Crippen LogP contribution is 2.34. The van der Waals surface area contributed by atoms with Crippen LogP contribution < -0.4 is 10.3 Å². The van der Waals surface area contributed by atoms with Gasteiger partial charge < -0.3 is 24.3 Å². The lowest BCUT2D eigenvalue weighted by atomic mass is 9.88. The summed E-state index contributed by atoms with van der Waals surface area (Å²) in [4.78, 5) is 38.4. The van der Waals surface area contributed by atoms with E-state index in [-0.39, 0.29) is 17.5 Å². The number of esters is 2. The molecule has 0 saturated heterocycles. The Morgan fingerprint density at radius 3 is 2.31 bits per heavy atom. The van der Waals surface area contributed by atoms with Crippen LogP contribution in [0.5, 0.6) is 11.5 Å². The smallest absolute Gasteiger partial charge is 0.343 e. The van der Waals surface area contributed by atoms with Gasteiger partial charge in [0, 0.05) is 12.1 Å². The van der Waals surface area contributed by atoms with Crippen LogP contribution in [-0.2, 0) is 14.3 Å². The number of pyridine rings is 1. The van der Waals surface area contributed by atoms with Crippen molar-refractivity contribution in [2.75, 3.05) is 21.3 Å². The molecule has 0 aliphatic heterocycles. The zero-order valence-electron chi connectivity index (χ0n) is 14.6. The summed E-state index contributed by atoms with van der Waals surface area (Å²) in [7, 11) is 3.89. The maximum absolute atomic E-state index is 12.4. The number of benzene rings is 1. The van der Waals surface area contributed by atoms with Gasteiger partial charge in [0.25, 0.3) is 5.56 Å². The van der Waals surface area contributed by atoms with Crippen LogP contribution in [0, 0.1) is 0 Å². The molecule has 138 valence electrons. The van der Waals surface area contributed by atoms with Crippen molar-refractivity contribution in [1.29, 1.82) is 0 Å². The number of rotatable bonds is 6. The molecule has 2 rings (SSSR count). The van der Waals surface area contributed by atoms with Crippen LogP contribution in [0.3, 0.4) is 0 Å². The van der Waals surface area contributed by atoms with Crippen molar-refractivity contribution in [3.8, 4) is 11.5 Å². The van der Waals surface area contributed by atoms with E-state index in [9.17, 15) is 19.5 Å². The molecule has 1 aromatic carbocycles. The van der Waals surface area contributed by atoms with Crippen molar-refractivity contribution in [3.05, 3.63) is 57.5 Å². The van der Waals surface area contributed by atoms with E-state index in [1.54, 1.807) is 24.3 Å². The van der Waals surface area contributed by atoms with Gasteiger partial charge in [-0.3, -0.25) is 9.59 Å². The molecule has 0 unspecified atom stereocenters. The van der Waals surface area contributed by atoms with Gasteiger partial charge in [0.1, 0.15) is 17.1 Å². The summed E-state index contributed by atoms with van der Waals surface area (Å²) >= 11 is 0. The molecule has 1 aromatic heterocycles. The molecule has 2 N–H and O–H groups in total. The summed E-state index contributed by atoms with van der Waals surface area (Å²) in [6.45, 7) is 0. The SMILES string of the molecule is COC(=O)C[C@H](c1ccc(OC)cc1)c1c(O)c(C(=O)OC)c[nH]c1=O. The predicted molar refractivity (Wildman–Crippen MR) is 91.5 cm³/mol. The van der Waals surface area contributed by atoms with E-state index in [0.29, 0.717) is 11.3 Å². The Morgan fingerprint density at radius 1 is 1.12 bits per heavy atom. The Bertz CT molecular complexity index is 855. The van der Waals surface area contributed by atoms with E-state index in [2.05, 4.69) is 9.72 Å². The average Bonchev–Trinajstić information content (AvgIpc) is 2.66. The molecular formula is C18H19NO7. The van der Waals surface area contributed by atoms with Gasteiger partial charge in [-0.25, -0.2) is 4.79 Å². The quantitative estimate of drug-likeness (QED) is 0.751. The van der Waals surface area contributed by atoms with Crippen molar-refractivity contribution < 1.29 is 28.9 Å². The third-order valence-electron chi connectivity index (χ3n) is 3.97. The molecule has 0 spiro atoms. The molecule has 0 fully saturated rings.